The number of carbonyl (C=O) groups excluding carboxylic acids is 1. The number of fused-ring (bicyclic) bond motifs is 5. The average molecular weight is 637 g/mol. The van der Waals surface area contributed by atoms with Gasteiger partial charge in [-0.2, -0.15) is 0 Å². The Morgan fingerprint density at radius 3 is 2.00 bits per heavy atom. The van der Waals surface area contributed by atoms with Gasteiger partial charge in [0.05, 0.1) is 0 Å². The van der Waals surface area contributed by atoms with Crippen molar-refractivity contribution in [2.24, 2.45) is 52.3 Å². The summed E-state index contributed by atoms with van der Waals surface area (Å²) in [6.45, 7) is 17.1. The lowest BCUT2D eigenvalue weighted by Crippen LogP contribution is -2.50. The molecule has 0 bridgehead atoms. The van der Waals surface area contributed by atoms with Gasteiger partial charge >= 0.3 is 5.97 Å². The molecule has 2 nitrogen and oxygen atoms in total. The van der Waals surface area contributed by atoms with E-state index in [1.165, 1.54) is 116 Å². The highest BCUT2D eigenvalue weighted by Crippen LogP contribution is 2.67. The van der Waals surface area contributed by atoms with E-state index in [9.17, 15) is 4.79 Å². The SMILES string of the molecule is CCCCCCCCCCCCCCCC(=O)O[C@H]1CC[C@@]2(C)C(CC=C3C2CC[C@@]2(C)C3CC[C@@H]2[C@H](C)C=C[C@H](C)C(C)C)C1. The van der Waals surface area contributed by atoms with Gasteiger partial charge in [0.15, 0.2) is 0 Å². The number of carbonyl (C=O) groups is 1. The Morgan fingerprint density at radius 1 is 0.783 bits per heavy atom. The normalized spacial score (nSPS) is 33.7. The first-order valence-corrected chi connectivity index (χ1v) is 20.7. The first kappa shape index (κ1) is 37.8. The highest BCUT2D eigenvalue weighted by molar-refractivity contribution is 5.69. The Kier molecular flexibility index (Phi) is 14.8. The van der Waals surface area contributed by atoms with Crippen LogP contribution in [0.2, 0.25) is 0 Å². The van der Waals surface area contributed by atoms with Crippen molar-refractivity contribution in [1.29, 1.82) is 0 Å². The minimum Gasteiger partial charge on any atom is -0.462 e. The second-order valence-electron chi connectivity index (χ2n) is 17.7. The van der Waals surface area contributed by atoms with Gasteiger partial charge < -0.3 is 4.74 Å². The molecule has 9 atom stereocenters. The summed E-state index contributed by atoms with van der Waals surface area (Å²) in [4.78, 5) is 12.8. The van der Waals surface area contributed by atoms with Crippen LogP contribution < -0.4 is 0 Å². The lowest BCUT2D eigenvalue weighted by atomic mass is 9.47. The van der Waals surface area contributed by atoms with E-state index < -0.39 is 0 Å². The smallest absolute Gasteiger partial charge is 0.306 e. The Balaban J connectivity index is 1.16. The fraction of sp³-hybridized carbons (Fsp3) is 0.886. The molecular weight excluding hydrogens is 560 g/mol. The standard InChI is InChI=1S/C44H76O2/c1-8-9-10-11-12-13-14-15-16-17-18-19-20-21-42(45)46-37-28-30-43(6)36(32-37)24-25-38-40-27-26-39(44(40,7)31-29-41(38)43)35(5)23-22-34(4)33(2)3/h22-23,25,33-37,39-41H,8-21,24,26-32H2,1-7H3/t34-,35+,36?,37-,39+,40?,41?,43-,44+/m0/s1. The van der Waals surface area contributed by atoms with E-state index in [1.807, 2.05) is 5.57 Å². The second-order valence-corrected chi connectivity index (χ2v) is 17.7. The zero-order valence-corrected chi connectivity index (χ0v) is 31.7. The van der Waals surface area contributed by atoms with Crippen LogP contribution in [0, 0.1) is 52.3 Å². The van der Waals surface area contributed by atoms with Gasteiger partial charge in [-0.15, -0.1) is 0 Å². The van der Waals surface area contributed by atoms with Crippen LogP contribution in [0.1, 0.15) is 190 Å². The summed E-state index contributed by atoms with van der Waals surface area (Å²) in [7, 11) is 0. The van der Waals surface area contributed by atoms with Crippen molar-refractivity contribution in [2.75, 3.05) is 0 Å². The summed E-state index contributed by atoms with van der Waals surface area (Å²) >= 11 is 0. The van der Waals surface area contributed by atoms with Gasteiger partial charge in [-0.3, -0.25) is 4.79 Å². The molecular formula is C44H76O2. The fourth-order valence-electron chi connectivity index (χ4n) is 10.7. The predicted molar refractivity (Wildman–Crippen MR) is 198 cm³/mol. The number of hydrogen-bond acceptors (Lipinski definition) is 2. The van der Waals surface area contributed by atoms with Crippen molar-refractivity contribution in [3.05, 3.63) is 23.8 Å². The van der Waals surface area contributed by atoms with Crippen molar-refractivity contribution in [1.82, 2.24) is 0 Å². The molecule has 3 saturated carbocycles. The van der Waals surface area contributed by atoms with Crippen molar-refractivity contribution >= 4 is 5.97 Å². The van der Waals surface area contributed by atoms with E-state index in [1.54, 1.807) is 0 Å². The number of hydrogen-bond donors (Lipinski definition) is 0. The van der Waals surface area contributed by atoms with Gasteiger partial charge in [-0.1, -0.05) is 149 Å². The molecule has 0 saturated heterocycles. The second kappa shape index (κ2) is 18.1. The maximum absolute atomic E-state index is 12.8. The third-order valence-corrected chi connectivity index (χ3v) is 14.3. The van der Waals surface area contributed by atoms with Crippen molar-refractivity contribution in [3.8, 4) is 0 Å². The summed E-state index contributed by atoms with van der Waals surface area (Å²) in [6, 6.07) is 0. The molecule has 2 heteroatoms. The molecule has 0 aromatic carbocycles. The third kappa shape index (κ3) is 9.55. The topological polar surface area (TPSA) is 26.3 Å². The Labute approximate surface area is 286 Å². The number of ether oxygens (including phenoxy) is 1. The molecule has 0 amide bonds. The minimum atomic E-state index is 0.0695. The Morgan fingerprint density at radius 2 is 1.37 bits per heavy atom. The zero-order chi connectivity index (χ0) is 33.2. The van der Waals surface area contributed by atoms with Crippen LogP contribution in [0.25, 0.3) is 0 Å². The van der Waals surface area contributed by atoms with Crippen molar-refractivity contribution < 1.29 is 9.53 Å². The molecule has 4 rings (SSSR count). The van der Waals surface area contributed by atoms with Crippen molar-refractivity contribution in [3.63, 3.8) is 0 Å². The maximum Gasteiger partial charge on any atom is 0.306 e. The van der Waals surface area contributed by atoms with E-state index in [4.69, 9.17) is 4.74 Å². The predicted octanol–water partition coefficient (Wildman–Crippen LogP) is 13.4. The molecule has 0 heterocycles. The molecule has 3 fully saturated rings. The van der Waals surface area contributed by atoms with E-state index in [0.717, 1.165) is 42.9 Å². The largest absolute Gasteiger partial charge is 0.462 e. The van der Waals surface area contributed by atoms with E-state index in [2.05, 4.69) is 66.7 Å². The Bertz CT molecular complexity index is 976. The quantitative estimate of drug-likeness (QED) is 0.0801. The molecule has 0 aromatic rings. The van der Waals surface area contributed by atoms with Crippen LogP contribution in [-0.4, -0.2) is 12.1 Å². The number of unbranched alkanes of at least 4 members (excludes halogenated alkanes) is 12. The maximum atomic E-state index is 12.8. The fourth-order valence-corrected chi connectivity index (χ4v) is 10.7. The molecule has 4 aliphatic rings. The number of rotatable bonds is 19. The van der Waals surface area contributed by atoms with Crippen LogP contribution in [0.15, 0.2) is 23.8 Å². The summed E-state index contributed by atoms with van der Waals surface area (Å²) in [5.41, 5.74) is 2.69. The van der Waals surface area contributed by atoms with Gasteiger partial charge in [-0.25, -0.2) is 0 Å². The molecule has 264 valence electrons. The van der Waals surface area contributed by atoms with Gasteiger partial charge in [0.2, 0.25) is 0 Å². The van der Waals surface area contributed by atoms with Crippen LogP contribution in [0.5, 0.6) is 0 Å². The summed E-state index contributed by atoms with van der Waals surface area (Å²) < 4.78 is 6.14. The molecule has 0 radical (unpaired) electrons. The van der Waals surface area contributed by atoms with Crippen LogP contribution in [-0.2, 0) is 9.53 Å². The molecule has 46 heavy (non-hydrogen) atoms. The van der Waals surface area contributed by atoms with Crippen LogP contribution in [0.4, 0.5) is 0 Å². The molecule has 0 spiro atoms. The molecule has 4 aliphatic carbocycles. The van der Waals surface area contributed by atoms with Gasteiger partial charge in [0.25, 0.3) is 0 Å². The van der Waals surface area contributed by atoms with Gasteiger partial charge in [0.1, 0.15) is 6.10 Å². The highest BCUT2D eigenvalue weighted by Gasteiger charge is 2.58. The first-order chi connectivity index (χ1) is 22.1. The number of allylic oxidation sites excluding steroid dienone is 4. The lowest BCUT2D eigenvalue weighted by Gasteiger charge is -2.58. The lowest BCUT2D eigenvalue weighted by molar-refractivity contribution is -0.155. The Hall–Kier alpha value is -1.05. The highest BCUT2D eigenvalue weighted by atomic mass is 16.5. The summed E-state index contributed by atoms with van der Waals surface area (Å²) in [6.07, 6.45) is 36.1. The monoisotopic (exact) mass is 637 g/mol. The van der Waals surface area contributed by atoms with Gasteiger partial charge in [-0.05, 0) is 110 Å². The van der Waals surface area contributed by atoms with Crippen LogP contribution in [0.3, 0.4) is 0 Å². The molecule has 0 N–H and O–H groups in total. The molecule has 3 unspecified atom stereocenters. The number of esters is 1. The van der Waals surface area contributed by atoms with E-state index in [-0.39, 0.29) is 12.1 Å². The third-order valence-electron chi connectivity index (χ3n) is 14.3. The van der Waals surface area contributed by atoms with Gasteiger partial charge in [0, 0.05) is 6.42 Å². The molecule has 0 aromatic heterocycles. The summed E-state index contributed by atoms with van der Waals surface area (Å²) in [5.74, 6) is 5.13. The zero-order valence-electron chi connectivity index (χ0n) is 31.7. The van der Waals surface area contributed by atoms with Crippen molar-refractivity contribution in [2.45, 2.75) is 196 Å². The summed E-state index contributed by atoms with van der Waals surface area (Å²) in [5, 5.41) is 0. The average Bonchev–Trinajstić information content (AvgIpc) is 3.39. The molecule has 0 aliphatic heterocycles. The first-order valence-electron chi connectivity index (χ1n) is 20.7. The van der Waals surface area contributed by atoms with E-state index >= 15 is 0 Å². The van der Waals surface area contributed by atoms with Crippen LogP contribution >= 0.6 is 0 Å². The minimum absolute atomic E-state index is 0.0695. The van der Waals surface area contributed by atoms with E-state index in [0.29, 0.717) is 35.0 Å².